The summed E-state index contributed by atoms with van der Waals surface area (Å²) in [5.41, 5.74) is 7.24. The summed E-state index contributed by atoms with van der Waals surface area (Å²) in [5, 5.41) is 0. The van der Waals surface area contributed by atoms with Crippen LogP contribution in [0.4, 0.5) is 6.01 Å². The van der Waals surface area contributed by atoms with Gasteiger partial charge in [0.1, 0.15) is 5.52 Å². The Morgan fingerprint density at radius 1 is 1.53 bits per heavy atom. The van der Waals surface area contributed by atoms with Gasteiger partial charge in [0.05, 0.1) is 12.5 Å². The third-order valence-corrected chi connectivity index (χ3v) is 3.28. The first-order chi connectivity index (χ1) is 8.15. The van der Waals surface area contributed by atoms with Gasteiger partial charge < -0.3 is 14.9 Å². The first-order valence-electron chi connectivity index (χ1n) is 5.41. The zero-order chi connectivity index (χ0) is 12.0. The fraction of sp³-hybridized carbons (Fsp3) is 0.333. The van der Waals surface area contributed by atoms with E-state index in [4.69, 9.17) is 14.9 Å². The number of nitrogens with zero attached hydrogens (tertiary/aromatic N) is 1. The smallest absolute Gasteiger partial charge is 0.316 e. The van der Waals surface area contributed by atoms with Crippen LogP contribution >= 0.6 is 0 Å². The van der Waals surface area contributed by atoms with Gasteiger partial charge in [-0.2, -0.15) is 4.98 Å². The number of esters is 1. The second-order valence-electron chi connectivity index (χ2n) is 4.31. The van der Waals surface area contributed by atoms with Gasteiger partial charge in [-0.15, -0.1) is 0 Å². The van der Waals surface area contributed by atoms with Crippen LogP contribution in [0.3, 0.4) is 0 Å². The molecule has 0 bridgehead atoms. The number of rotatable bonds is 2. The minimum atomic E-state index is -0.476. The highest BCUT2D eigenvalue weighted by molar-refractivity contribution is 5.88. The molecule has 1 aliphatic carbocycles. The van der Waals surface area contributed by atoms with Crippen molar-refractivity contribution in [2.45, 2.75) is 18.3 Å². The zero-order valence-corrected chi connectivity index (χ0v) is 9.40. The highest BCUT2D eigenvalue weighted by Gasteiger charge is 2.52. The van der Waals surface area contributed by atoms with Crippen molar-refractivity contribution in [3.8, 4) is 0 Å². The summed E-state index contributed by atoms with van der Waals surface area (Å²) in [6.45, 7) is 0. The molecule has 0 spiro atoms. The van der Waals surface area contributed by atoms with E-state index in [0.29, 0.717) is 11.1 Å². The standard InChI is InChI=1S/C12H12N2O3/c1-16-10(15)12(4-5-12)7-2-3-9-8(6-7)14-11(13)17-9/h2-3,6H,4-5H2,1H3,(H2,13,14). The number of hydrogen-bond acceptors (Lipinski definition) is 5. The molecule has 1 saturated carbocycles. The summed E-state index contributed by atoms with van der Waals surface area (Å²) in [6.07, 6.45) is 1.64. The predicted molar refractivity (Wildman–Crippen MR) is 61.3 cm³/mol. The molecule has 5 nitrogen and oxygen atoms in total. The minimum absolute atomic E-state index is 0.139. The summed E-state index contributed by atoms with van der Waals surface area (Å²) in [4.78, 5) is 15.8. The molecule has 0 radical (unpaired) electrons. The molecule has 1 aliphatic rings. The molecule has 0 saturated heterocycles. The van der Waals surface area contributed by atoms with E-state index in [2.05, 4.69) is 4.98 Å². The Morgan fingerprint density at radius 2 is 2.29 bits per heavy atom. The van der Waals surface area contributed by atoms with Crippen LogP contribution in [0.1, 0.15) is 18.4 Å². The number of nitrogen functional groups attached to an aromatic ring is 1. The van der Waals surface area contributed by atoms with Crippen molar-refractivity contribution in [3.63, 3.8) is 0 Å². The number of carbonyl (C=O) groups is 1. The van der Waals surface area contributed by atoms with Gasteiger partial charge in [0, 0.05) is 0 Å². The van der Waals surface area contributed by atoms with Crippen LogP contribution in [0, 0.1) is 0 Å². The van der Waals surface area contributed by atoms with Gasteiger partial charge in [-0.3, -0.25) is 4.79 Å². The average Bonchev–Trinajstić information content (AvgIpc) is 3.04. The number of fused-ring (bicyclic) bond motifs is 1. The maximum atomic E-state index is 11.7. The topological polar surface area (TPSA) is 78.3 Å². The van der Waals surface area contributed by atoms with E-state index in [1.54, 1.807) is 6.07 Å². The molecule has 1 fully saturated rings. The number of ether oxygens (including phenoxy) is 1. The Hall–Kier alpha value is -2.04. The van der Waals surface area contributed by atoms with Crippen molar-refractivity contribution < 1.29 is 13.9 Å². The molecule has 0 amide bonds. The van der Waals surface area contributed by atoms with E-state index in [1.807, 2.05) is 12.1 Å². The Balaban J connectivity index is 2.09. The number of oxazole rings is 1. The quantitative estimate of drug-likeness (QED) is 0.796. The second kappa shape index (κ2) is 3.23. The number of carbonyl (C=O) groups excluding carboxylic acids is 1. The number of methoxy groups -OCH3 is 1. The van der Waals surface area contributed by atoms with Gasteiger partial charge in [-0.1, -0.05) is 6.07 Å². The Bertz CT molecular complexity index is 599. The summed E-state index contributed by atoms with van der Waals surface area (Å²) in [7, 11) is 1.41. The van der Waals surface area contributed by atoms with Gasteiger partial charge in [-0.25, -0.2) is 0 Å². The van der Waals surface area contributed by atoms with E-state index in [0.717, 1.165) is 18.4 Å². The summed E-state index contributed by atoms with van der Waals surface area (Å²) in [6, 6.07) is 5.65. The van der Waals surface area contributed by atoms with Crippen LogP contribution in [-0.4, -0.2) is 18.1 Å². The van der Waals surface area contributed by atoms with Gasteiger partial charge in [0.25, 0.3) is 6.01 Å². The number of nitrogens with two attached hydrogens (primary N) is 1. The monoisotopic (exact) mass is 232 g/mol. The third kappa shape index (κ3) is 1.39. The molecule has 1 aromatic heterocycles. The summed E-state index contributed by atoms with van der Waals surface area (Å²) >= 11 is 0. The lowest BCUT2D eigenvalue weighted by molar-refractivity contribution is -0.143. The molecule has 1 heterocycles. The molecule has 5 heteroatoms. The normalized spacial score (nSPS) is 17.0. The van der Waals surface area contributed by atoms with Crippen molar-refractivity contribution in [2.24, 2.45) is 0 Å². The molecule has 0 aliphatic heterocycles. The lowest BCUT2D eigenvalue weighted by Crippen LogP contribution is -2.21. The molecule has 88 valence electrons. The Labute approximate surface area is 97.6 Å². The number of aromatic nitrogens is 1. The van der Waals surface area contributed by atoms with Crippen molar-refractivity contribution in [1.82, 2.24) is 4.98 Å². The maximum absolute atomic E-state index is 11.7. The first-order valence-corrected chi connectivity index (χ1v) is 5.41. The molecule has 2 aromatic rings. The Kier molecular flexibility index (Phi) is 1.92. The van der Waals surface area contributed by atoms with E-state index in [1.165, 1.54) is 7.11 Å². The summed E-state index contributed by atoms with van der Waals surface area (Å²) < 4.78 is 10.0. The van der Waals surface area contributed by atoms with Crippen LogP contribution in [0.2, 0.25) is 0 Å². The van der Waals surface area contributed by atoms with Crippen molar-refractivity contribution in [3.05, 3.63) is 23.8 Å². The lowest BCUT2D eigenvalue weighted by atomic mass is 9.96. The van der Waals surface area contributed by atoms with E-state index in [-0.39, 0.29) is 12.0 Å². The van der Waals surface area contributed by atoms with Crippen molar-refractivity contribution in [2.75, 3.05) is 12.8 Å². The zero-order valence-electron chi connectivity index (χ0n) is 9.40. The van der Waals surface area contributed by atoms with Gasteiger partial charge in [-0.05, 0) is 30.5 Å². The van der Waals surface area contributed by atoms with Crippen LogP contribution in [0.15, 0.2) is 22.6 Å². The van der Waals surface area contributed by atoms with Gasteiger partial charge in [0.2, 0.25) is 0 Å². The van der Waals surface area contributed by atoms with Gasteiger partial charge in [0.15, 0.2) is 5.58 Å². The lowest BCUT2D eigenvalue weighted by Gasteiger charge is -2.12. The van der Waals surface area contributed by atoms with Crippen LogP contribution < -0.4 is 5.73 Å². The average molecular weight is 232 g/mol. The number of hydrogen-bond donors (Lipinski definition) is 1. The molecule has 2 N–H and O–H groups in total. The Morgan fingerprint density at radius 3 is 2.94 bits per heavy atom. The molecule has 17 heavy (non-hydrogen) atoms. The molecule has 1 aromatic carbocycles. The van der Waals surface area contributed by atoms with Crippen molar-refractivity contribution in [1.29, 1.82) is 0 Å². The molecule has 0 atom stereocenters. The van der Waals surface area contributed by atoms with E-state index < -0.39 is 5.41 Å². The predicted octanol–water partition coefficient (Wildman–Crippen LogP) is 1.61. The molecular formula is C12H12N2O3. The fourth-order valence-corrected chi connectivity index (χ4v) is 2.17. The largest absolute Gasteiger partial charge is 0.468 e. The highest BCUT2D eigenvalue weighted by Crippen LogP contribution is 2.49. The SMILES string of the molecule is COC(=O)C1(c2ccc3oc(N)nc3c2)CC1. The summed E-state index contributed by atoms with van der Waals surface area (Å²) in [5.74, 6) is -0.187. The third-order valence-electron chi connectivity index (χ3n) is 3.28. The first kappa shape index (κ1) is 10.1. The van der Waals surface area contributed by atoms with E-state index >= 15 is 0 Å². The second-order valence-corrected chi connectivity index (χ2v) is 4.31. The van der Waals surface area contributed by atoms with Crippen LogP contribution in [0.5, 0.6) is 0 Å². The van der Waals surface area contributed by atoms with E-state index in [9.17, 15) is 4.79 Å². The van der Waals surface area contributed by atoms with Gasteiger partial charge >= 0.3 is 5.97 Å². The number of benzene rings is 1. The highest BCUT2D eigenvalue weighted by atomic mass is 16.5. The maximum Gasteiger partial charge on any atom is 0.316 e. The molecule has 3 rings (SSSR count). The number of anilines is 1. The fourth-order valence-electron chi connectivity index (χ4n) is 2.17. The minimum Gasteiger partial charge on any atom is -0.468 e. The van der Waals surface area contributed by atoms with Crippen molar-refractivity contribution >= 4 is 23.1 Å². The van der Waals surface area contributed by atoms with Crippen LogP contribution in [0.25, 0.3) is 11.1 Å². The molecular weight excluding hydrogens is 220 g/mol. The molecule has 0 unspecified atom stereocenters. The van der Waals surface area contributed by atoms with Crippen LogP contribution in [-0.2, 0) is 14.9 Å².